The second-order valence-electron chi connectivity index (χ2n) is 2.72. The van der Waals surface area contributed by atoms with Gasteiger partial charge < -0.3 is 10.0 Å². The van der Waals surface area contributed by atoms with Gasteiger partial charge in [0.05, 0.1) is 18.4 Å². The van der Waals surface area contributed by atoms with Gasteiger partial charge in [0.15, 0.2) is 0 Å². The normalized spacial score (nSPS) is 29.2. The second kappa shape index (κ2) is 2.53. The van der Waals surface area contributed by atoms with Crippen molar-refractivity contribution in [3.8, 4) is 0 Å². The molecular weight excluding hydrogens is 162 g/mol. The number of amides is 1. The lowest BCUT2D eigenvalue weighted by Crippen LogP contribution is -2.49. The number of carbonyl (C=O) groups excluding carboxylic acids is 1. The molecule has 2 aliphatic heterocycles. The van der Waals surface area contributed by atoms with Crippen LogP contribution in [-0.4, -0.2) is 33.6 Å². The Bertz CT molecular complexity index is 226. The van der Waals surface area contributed by atoms with E-state index in [1.165, 1.54) is 0 Å². The molecule has 0 aromatic carbocycles. The second-order valence-corrected chi connectivity index (χ2v) is 3.88. The minimum atomic E-state index is 0.0729. The van der Waals surface area contributed by atoms with Crippen LogP contribution in [0.1, 0.15) is 6.42 Å². The smallest absolute Gasteiger partial charge is 0.230 e. The summed E-state index contributed by atoms with van der Waals surface area (Å²) in [5, 5.41) is 9.14. The Labute approximate surface area is 69.1 Å². The SMILES string of the molecule is O=C1C[C@H]2SCC(CO)=CN12. The highest BCUT2D eigenvalue weighted by Crippen LogP contribution is 2.35. The molecule has 1 N–H and O–H groups in total. The van der Waals surface area contributed by atoms with Crippen molar-refractivity contribution in [1.82, 2.24) is 4.90 Å². The van der Waals surface area contributed by atoms with Crippen LogP contribution in [0.3, 0.4) is 0 Å². The molecule has 1 saturated heterocycles. The zero-order chi connectivity index (χ0) is 7.84. The van der Waals surface area contributed by atoms with Crippen molar-refractivity contribution in [1.29, 1.82) is 0 Å². The fourth-order valence-corrected chi connectivity index (χ4v) is 2.39. The van der Waals surface area contributed by atoms with Gasteiger partial charge in [-0.2, -0.15) is 0 Å². The van der Waals surface area contributed by atoms with E-state index in [1.54, 1.807) is 22.9 Å². The maximum absolute atomic E-state index is 10.9. The number of β-lactam (4-membered cyclic amide) rings is 1. The quantitative estimate of drug-likeness (QED) is 0.572. The van der Waals surface area contributed by atoms with E-state index in [-0.39, 0.29) is 12.5 Å². The number of thioether (sulfide) groups is 1. The van der Waals surface area contributed by atoms with Crippen LogP contribution in [0.4, 0.5) is 0 Å². The van der Waals surface area contributed by atoms with Gasteiger partial charge in [-0.05, 0) is 5.57 Å². The minimum Gasteiger partial charge on any atom is -0.392 e. The molecule has 1 amide bonds. The van der Waals surface area contributed by atoms with Crippen molar-refractivity contribution >= 4 is 17.7 Å². The van der Waals surface area contributed by atoms with E-state index in [1.807, 2.05) is 0 Å². The molecule has 0 unspecified atom stereocenters. The summed E-state index contributed by atoms with van der Waals surface area (Å²) in [5.41, 5.74) is 0.944. The van der Waals surface area contributed by atoms with Crippen molar-refractivity contribution in [2.75, 3.05) is 12.4 Å². The van der Waals surface area contributed by atoms with Crippen molar-refractivity contribution in [2.45, 2.75) is 11.8 Å². The van der Waals surface area contributed by atoms with Gasteiger partial charge in [-0.3, -0.25) is 4.79 Å². The predicted octanol–water partition coefficient (Wildman–Crippen LogP) is 0.168. The molecule has 1 fully saturated rings. The van der Waals surface area contributed by atoms with Crippen LogP contribution >= 0.6 is 11.8 Å². The molecule has 0 saturated carbocycles. The van der Waals surface area contributed by atoms with Crippen molar-refractivity contribution in [3.05, 3.63) is 11.8 Å². The fourth-order valence-electron chi connectivity index (χ4n) is 1.22. The van der Waals surface area contributed by atoms with Gasteiger partial charge >= 0.3 is 0 Å². The number of rotatable bonds is 1. The highest BCUT2D eigenvalue weighted by molar-refractivity contribution is 8.00. The number of hydrogen-bond donors (Lipinski definition) is 1. The molecule has 0 bridgehead atoms. The number of aliphatic hydroxyl groups excluding tert-OH is 1. The first-order valence-electron chi connectivity index (χ1n) is 3.54. The molecule has 60 valence electrons. The van der Waals surface area contributed by atoms with E-state index in [0.29, 0.717) is 11.8 Å². The third kappa shape index (κ3) is 1.06. The number of fused-ring (bicyclic) bond motifs is 1. The van der Waals surface area contributed by atoms with Crippen LogP contribution in [0.2, 0.25) is 0 Å². The van der Waals surface area contributed by atoms with Crippen LogP contribution in [-0.2, 0) is 4.79 Å². The van der Waals surface area contributed by atoms with Crippen LogP contribution in [0.15, 0.2) is 11.8 Å². The third-order valence-corrected chi connectivity index (χ3v) is 3.25. The van der Waals surface area contributed by atoms with Crippen LogP contribution in [0, 0.1) is 0 Å². The number of aliphatic hydroxyl groups is 1. The molecule has 2 heterocycles. The van der Waals surface area contributed by atoms with Gasteiger partial charge in [0.25, 0.3) is 0 Å². The zero-order valence-electron chi connectivity index (χ0n) is 5.99. The Balaban J connectivity index is 2.13. The molecule has 1 atom stereocenters. The summed E-state index contributed by atoms with van der Waals surface area (Å²) >= 11 is 1.73. The van der Waals surface area contributed by atoms with E-state index < -0.39 is 0 Å². The van der Waals surface area contributed by atoms with Crippen LogP contribution in [0.25, 0.3) is 0 Å². The van der Waals surface area contributed by atoms with E-state index in [9.17, 15) is 4.79 Å². The maximum atomic E-state index is 10.9. The standard InChI is InChI=1S/C7H9NO2S/c9-3-5-2-8-6(10)1-7(8)11-4-5/h2,7,9H,1,3-4H2/t7-/m1/s1. The average Bonchev–Trinajstić information content (AvgIpc) is 2.03. The number of carbonyl (C=O) groups is 1. The summed E-state index contributed by atoms with van der Waals surface area (Å²) in [5.74, 6) is 1.04. The van der Waals surface area contributed by atoms with Gasteiger partial charge in [-0.25, -0.2) is 0 Å². The topological polar surface area (TPSA) is 40.5 Å². The predicted molar refractivity (Wildman–Crippen MR) is 42.9 cm³/mol. The van der Waals surface area contributed by atoms with Crippen LogP contribution < -0.4 is 0 Å². The largest absolute Gasteiger partial charge is 0.392 e. The van der Waals surface area contributed by atoms with Crippen molar-refractivity contribution in [2.24, 2.45) is 0 Å². The van der Waals surface area contributed by atoms with Crippen molar-refractivity contribution in [3.63, 3.8) is 0 Å². The highest BCUT2D eigenvalue weighted by Gasteiger charge is 2.37. The molecule has 11 heavy (non-hydrogen) atoms. The monoisotopic (exact) mass is 171 g/mol. The van der Waals surface area contributed by atoms with Gasteiger partial charge in [0.1, 0.15) is 0 Å². The zero-order valence-corrected chi connectivity index (χ0v) is 6.80. The Kier molecular flexibility index (Phi) is 1.65. The molecule has 0 aromatic rings. The lowest BCUT2D eigenvalue weighted by atomic mass is 10.2. The maximum Gasteiger partial charge on any atom is 0.230 e. The van der Waals surface area contributed by atoms with Gasteiger partial charge in [0, 0.05) is 12.0 Å². The summed E-state index contributed by atoms with van der Waals surface area (Å²) < 4.78 is 0. The Morgan fingerprint density at radius 1 is 1.82 bits per heavy atom. The molecule has 4 heteroatoms. The molecule has 0 aliphatic carbocycles. The lowest BCUT2D eigenvalue weighted by Gasteiger charge is -2.40. The summed E-state index contributed by atoms with van der Waals surface area (Å²) in [6, 6.07) is 0. The Morgan fingerprint density at radius 2 is 2.64 bits per heavy atom. The average molecular weight is 171 g/mol. The number of hydrogen-bond acceptors (Lipinski definition) is 3. The lowest BCUT2D eigenvalue weighted by molar-refractivity contribution is -0.137. The molecular formula is C7H9NO2S. The van der Waals surface area contributed by atoms with E-state index in [4.69, 9.17) is 5.11 Å². The van der Waals surface area contributed by atoms with Gasteiger partial charge in [0.2, 0.25) is 5.91 Å². The molecule has 0 radical (unpaired) electrons. The molecule has 3 nitrogen and oxygen atoms in total. The van der Waals surface area contributed by atoms with E-state index >= 15 is 0 Å². The third-order valence-electron chi connectivity index (χ3n) is 1.93. The Hall–Kier alpha value is -0.480. The van der Waals surface area contributed by atoms with E-state index in [0.717, 1.165) is 11.3 Å². The molecule has 2 aliphatic rings. The molecule has 2 rings (SSSR count). The molecule has 0 spiro atoms. The van der Waals surface area contributed by atoms with Crippen LogP contribution in [0.5, 0.6) is 0 Å². The molecule has 0 aromatic heterocycles. The minimum absolute atomic E-state index is 0.0729. The number of nitrogens with zero attached hydrogens (tertiary/aromatic N) is 1. The first-order valence-corrected chi connectivity index (χ1v) is 4.59. The summed E-state index contributed by atoms with van der Waals surface area (Å²) in [6.07, 6.45) is 2.45. The summed E-state index contributed by atoms with van der Waals surface area (Å²) in [6.45, 7) is 0.0729. The van der Waals surface area contributed by atoms with E-state index in [2.05, 4.69) is 0 Å². The summed E-state index contributed by atoms with van der Waals surface area (Å²) in [4.78, 5) is 12.6. The fraction of sp³-hybridized carbons (Fsp3) is 0.571. The van der Waals surface area contributed by atoms with Crippen molar-refractivity contribution < 1.29 is 9.90 Å². The van der Waals surface area contributed by atoms with Gasteiger partial charge in [-0.15, -0.1) is 11.8 Å². The highest BCUT2D eigenvalue weighted by atomic mass is 32.2. The van der Waals surface area contributed by atoms with Gasteiger partial charge in [-0.1, -0.05) is 0 Å². The first-order chi connectivity index (χ1) is 5.31. The Morgan fingerprint density at radius 3 is 3.27 bits per heavy atom. The summed E-state index contributed by atoms with van der Waals surface area (Å²) in [7, 11) is 0. The first kappa shape index (κ1) is 7.18.